The molecule has 2 aromatic rings. The number of hydrogen-bond acceptors (Lipinski definition) is 3. The van der Waals surface area contributed by atoms with E-state index in [-0.39, 0.29) is 4.87 Å². The zero-order chi connectivity index (χ0) is 12.6. The lowest BCUT2D eigenvalue weighted by Crippen LogP contribution is -2.15. The van der Waals surface area contributed by atoms with Gasteiger partial charge in [0.1, 0.15) is 0 Å². The molecular weight excluding hydrogens is 244 g/mol. The zero-order valence-corrected chi connectivity index (χ0v) is 11.1. The summed E-state index contributed by atoms with van der Waals surface area (Å²) in [5.74, 6) is 0. The zero-order valence-electron chi connectivity index (χ0n) is 10.3. The van der Waals surface area contributed by atoms with E-state index < -0.39 is 0 Å². The fourth-order valence-corrected chi connectivity index (χ4v) is 2.43. The highest BCUT2D eigenvalue weighted by Crippen LogP contribution is 2.04. The van der Waals surface area contributed by atoms with E-state index in [1.54, 1.807) is 0 Å². The van der Waals surface area contributed by atoms with Gasteiger partial charge in [-0.05, 0) is 31.4 Å². The Hall–Kier alpha value is -1.39. The Labute approximate surface area is 111 Å². The summed E-state index contributed by atoms with van der Waals surface area (Å²) in [5.41, 5.74) is 2.38. The second kappa shape index (κ2) is 7.13. The first kappa shape index (κ1) is 13.1. The van der Waals surface area contributed by atoms with Crippen LogP contribution in [-0.4, -0.2) is 11.5 Å². The minimum absolute atomic E-state index is 0.0240. The minimum Gasteiger partial charge on any atom is -0.315 e. The van der Waals surface area contributed by atoms with Gasteiger partial charge in [0.25, 0.3) is 0 Å². The van der Waals surface area contributed by atoms with Gasteiger partial charge >= 0.3 is 4.87 Å². The molecule has 0 aliphatic heterocycles. The average Bonchev–Trinajstić information content (AvgIpc) is 2.81. The first-order chi connectivity index (χ1) is 8.84. The third kappa shape index (κ3) is 4.47. The molecule has 3 nitrogen and oxygen atoms in total. The molecule has 1 aromatic heterocycles. The fourth-order valence-electron chi connectivity index (χ4n) is 1.85. The van der Waals surface area contributed by atoms with E-state index in [1.807, 2.05) is 11.4 Å². The Morgan fingerprint density at radius 3 is 2.72 bits per heavy atom. The Bertz CT molecular complexity index is 504. The molecule has 0 radical (unpaired) electrons. The fraction of sp³-hybridized carbons (Fsp3) is 0.357. The Kier molecular flexibility index (Phi) is 5.17. The molecule has 1 aromatic carbocycles. The Morgan fingerprint density at radius 1 is 1.17 bits per heavy atom. The van der Waals surface area contributed by atoms with Crippen LogP contribution < -0.4 is 10.2 Å². The third-order valence-corrected chi connectivity index (χ3v) is 3.52. The van der Waals surface area contributed by atoms with Crippen LogP contribution in [0.25, 0.3) is 0 Å². The van der Waals surface area contributed by atoms with E-state index in [4.69, 9.17) is 0 Å². The van der Waals surface area contributed by atoms with Crippen molar-refractivity contribution in [3.8, 4) is 0 Å². The summed E-state index contributed by atoms with van der Waals surface area (Å²) < 4.78 is 0. The summed E-state index contributed by atoms with van der Waals surface area (Å²) in [6.45, 7) is 1.74. The van der Waals surface area contributed by atoms with Crippen molar-refractivity contribution in [2.24, 2.45) is 0 Å². The molecule has 0 saturated heterocycles. The van der Waals surface area contributed by atoms with Crippen molar-refractivity contribution >= 4 is 11.3 Å². The third-order valence-electron chi connectivity index (χ3n) is 2.80. The summed E-state index contributed by atoms with van der Waals surface area (Å²) >= 11 is 1.22. The number of hydrogen-bond donors (Lipinski definition) is 2. The van der Waals surface area contributed by atoms with Crippen molar-refractivity contribution in [3.05, 3.63) is 56.6 Å². The van der Waals surface area contributed by atoms with Gasteiger partial charge in [-0.1, -0.05) is 41.7 Å². The predicted molar refractivity (Wildman–Crippen MR) is 76.0 cm³/mol. The van der Waals surface area contributed by atoms with E-state index in [1.165, 1.54) is 23.3 Å². The van der Waals surface area contributed by atoms with E-state index in [0.29, 0.717) is 0 Å². The van der Waals surface area contributed by atoms with Crippen molar-refractivity contribution < 1.29 is 0 Å². The molecule has 0 fully saturated rings. The molecule has 0 aliphatic carbocycles. The van der Waals surface area contributed by atoms with Gasteiger partial charge in [-0.25, -0.2) is 0 Å². The monoisotopic (exact) mass is 262 g/mol. The van der Waals surface area contributed by atoms with Crippen molar-refractivity contribution in [3.63, 3.8) is 0 Å². The highest BCUT2D eigenvalue weighted by atomic mass is 32.1. The molecule has 2 rings (SSSR count). The number of aryl methyl sites for hydroxylation is 1. The van der Waals surface area contributed by atoms with Gasteiger partial charge in [-0.15, -0.1) is 0 Å². The first-order valence-electron chi connectivity index (χ1n) is 6.26. The molecule has 1 heterocycles. The van der Waals surface area contributed by atoms with E-state index in [0.717, 1.165) is 31.6 Å². The number of unbranched alkanes of at least 4 members (excludes halogenated alkanes) is 1. The number of aromatic nitrogens is 1. The molecule has 0 spiro atoms. The normalized spacial score (nSPS) is 10.7. The summed E-state index contributed by atoms with van der Waals surface area (Å²) in [6.07, 6.45) is 3.48. The maximum absolute atomic E-state index is 10.9. The van der Waals surface area contributed by atoms with Crippen LogP contribution in [0.3, 0.4) is 0 Å². The van der Waals surface area contributed by atoms with Gasteiger partial charge in [0.2, 0.25) is 0 Å². The van der Waals surface area contributed by atoms with Gasteiger partial charge in [-0.3, -0.25) is 4.79 Å². The minimum atomic E-state index is 0.0240. The molecule has 2 N–H and O–H groups in total. The lowest BCUT2D eigenvalue weighted by molar-refractivity contribution is 0.617. The smallest absolute Gasteiger partial charge is 0.304 e. The summed E-state index contributed by atoms with van der Waals surface area (Å²) in [5, 5.41) is 5.21. The van der Waals surface area contributed by atoms with Crippen LogP contribution in [-0.2, 0) is 13.0 Å². The standard InChI is InChI=1S/C14H18N2OS/c17-14-16-13(11-18-14)10-15-9-5-4-8-12-6-2-1-3-7-12/h1-3,6-7,11,15H,4-5,8-10H2,(H,16,17). The van der Waals surface area contributed by atoms with Gasteiger partial charge in [0.05, 0.1) is 0 Å². The molecule has 0 unspecified atom stereocenters. The molecule has 0 amide bonds. The van der Waals surface area contributed by atoms with Crippen LogP contribution in [0.1, 0.15) is 24.1 Å². The van der Waals surface area contributed by atoms with Crippen LogP contribution in [0.5, 0.6) is 0 Å². The number of thiazole rings is 1. The van der Waals surface area contributed by atoms with Crippen LogP contribution in [0, 0.1) is 0 Å². The van der Waals surface area contributed by atoms with Crippen molar-refractivity contribution in [1.82, 2.24) is 10.3 Å². The van der Waals surface area contributed by atoms with Crippen molar-refractivity contribution in [2.45, 2.75) is 25.8 Å². The quantitative estimate of drug-likeness (QED) is 0.753. The largest absolute Gasteiger partial charge is 0.315 e. The summed E-state index contributed by atoms with van der Waals surface area (Å²) in [7, 11) is 0. The molecule has 0 saturated carbocycles. The Balaban J connectivity index is 1.55. The SMILES string of the molecule is O=c1[nH]c(CNCCCCc2ccccc2)cs1. The molecule has 0 aliphatic rings. The maximum Gasteiger partial charge on any atom is 0.304 e. The molecular formula is C14H18N2OS. The molecule has 0 bridgehead atoms. The van der Waals surface area contributed by atoms with Gasteiger partial charge in [0.15, 0.2) is 0 Å². The predicted octanol–water partition coefficient (Wildman–Crippen LogP) is 2.55. The average molecular weight is 262 g/mol. The van der Waals surface area contributed by atoms with Crippen LogP contribution >= 0.6 is 11.3 Å². The summed E-state index contributed by atoms with van der Waals surface area (Å²) in [6, 6.07) is 10.6. The highest BCUT2D eigenvalue weighted by Gasteiger charge is 1.96. The van der Waals surface area contributed by atoms with Crippen molar-refractivity contribution in [2.75, 3.05) is 6.54 Å². The van der Waals surface area contributed by atoms with Gasteiger partial charge in [-0.2, -0.15) is 0 Å². The first-order valence-corrected chi connectivity index (χ1v) is 7.14. The van der Waals surface area contributed by atoms with Gasteiger partial charge in [0, 0.05) is 17.6 Å². The number of H-pyrrole nitrogens is 1. The number of benzene rings is 1. The molecule has 18 heavy (non-hydrogen) atoms. The lowest BCUT2D eigenvalue weighted by atomic mass is 10.1. The van der Waals surface area contributed by atoms with Crippen LogP contribution in [0.2, 0.25) is 0 Å². The van der Waals surface area contributed by atoms with Crippen molar-refractivity contribution in [1.29, 1.82) is 0 Å². The van der Waals surface area contributed by atoms with Crippen LogP contribution in [0.4, 0.5) is 0 Å². The van der Waals surface area contributed by atoms with Gasteiger partial charge < -0.3 is 10.3 Å². The lowest BCUT2D eigenvalue weighted by Gasteiger charge is -2.03. The number of aromatic amines is 1. The second-order valence-electron chi connectivity index (χ2n) is 4.29. The molecule has 4 heteroatoms. The topological polar surface area (TPSA) is 44.9 Å². The number of rotatable bonds is 7. The van der Waals surface area contributed by atoms with E-state index >= 15 is 0 Å². The Morgan fingerprint density at radius 2 is 2.00 bits per heavy atom. The second-order valence-corrected chi connectivity index (χ2v) is 5.14. The highest BCUT2D eigenvalue weighted by molar-refractivity contribution is 7.07. The maximum atomic E-state index is 10.9. The van der Waals surface area contributed by atoms with Crippen LogP contribution in [0.15, 0.2) is 40.5 Å². The van der Waals surface area contributed by atoms with E-state index in [2.05, 4.69) is 34.6 Å². The van der Waals surface area contributed by atoms with E-state index in [9.17, 15) is 4.79 Å². The number of nitrogens with one attached hydrogen (secondary N) is 2. The molecule has 96 valence electrons. The molecule has 0 atom stereocenters. The summed E-state index contributed by atoms with van der Waals surface area (Å²) in [4.78, 5) is 13.7.